The predicted molar refractivity (Wildman–Crippen MR) is 80.6 cm³/mol. The highest BCUT2D eigenvalue weighted by Crippen LogP contribution is 2.19. The molecule has 0 saturated heterocycles. The topological polar surface area (TPSA) is 67.2 Å². The maximum absolute atomic E-state index is 11.8. The first kappa shape index (κ1) is 12.9. The monoisotopic (exact) mass is 279 g/mol. The molecule has 0 bridgehead atoms. The number of benzene rings is 2. The number of para-hydroxylation sites is 1. The van der Waals surface area contributed by atoms with Crippen molar-refractivity contribution < 1.29 is 9.32 Å². The van der Waals surface area contributed by atoms with Crippen LogP contribution in [0.3, 0.4) is 0 Å². The summed E-state index contributed by atoms with van der Waals surface area (Å²) in [6.07, 6.45) is 1.43. The van der Waals surface area contributed by atoms with E-state index in [0.717, 1.165) is 11.4 Å². The van der Waals surface area contributed by atoms with E-state index >= 15 is 0 Å². The van der Waals surface area contributed by atoms with E-state index in [9.17, 15) is 4.79 Å². The molecule has 2 aromatic carbocycles. The maximum atomic E-state index is 11.8. The Morgan fingerprint density at radius 2 is 1.52 bits per heavy atom. The van der Waals surface area contributed by atoms with Gasteiger partial charge in [-0.25, -0.2) is 0 Å². The fraction of sp³-hybridized carbons (Fsp3) is 0. The number of hydrogen-bond donors (Lipinski definition) is 2. The summed E-state index contributed by atoms with van der Waals surface area (Å²) in [7, 11) is 0. The number of anilines is 3. The second kappa shape index (κ2) is 5.92. The number of nitrogens with one attached hydrogen (secondary N) is 2. The van der Waals surface area contributed by atoms with Crippen molar-refractivity contribution in [1.29, 1.82) is 0 Å². The lowest BCUT2D eigenvalue weighted by Crippen LogP contribution is -2.10. The van der Waals surface area contributed by atoms with Crippen molar-refractivity contribution in [3.8, 4) is 0 Å². The van der Waals surface area contributed by atoms with Crippen LogP contribution in [-0.4, -0.2) is 11.1 Å². The molecule has 1 heterocycles. The number of hydrogen-bond acceptors (Lipinski definition) is 4. The highest BCUT2D eigenvalue weighted by atomic mass is 16.5. The molecule has 0 spiro atoms. The summed E-state index contributed by atoms with van der Waals surface area (Å²) in [6, 6.07) is 18.8. The van der Waals surface area contributed by atoms with Crippen molar-refractivity contribution in [1.82, 2.24) is 5.16 Å². The fourth-order valence-corrected chi connectivity index (χ4v) is 1.85. The Morgan fingerprint density at radius 1 is 0.857 bits per heavy atom. The van der Waals surface area contributed by atoms with Gasteiger partial charge >= 0.3 is 0 Å². The molecular formula is C16H13N3O2. The molecule has 0 saturated carbocycles. The van der Waals surface area contributed by atoms with Crippen LogP contribution >= 0.6 is 0 Å². The van der Waals surface area contributed by atoms with Gasteiger partial charge in [0.25, 0.3) is 5.91 Å². The van der Waals surface area contributed by atoms with E-state index in [1.165, 1.54) is 12.3 Å². The van der Waals surface area contributed by atoms with Crippen LogP contribution in [-0.2, 0) is 0 Å². The van der Waals surface area contributed by atoms with E-state index in [1.807, 2.05) is 54.6 Å². The molecule has 0 atom stereocenters. The lowest BCUT2D eigenvalue weighted by atomic mass is 10.2. The summed E-state index contributed by atoms with van der Waals surface area (Å²) in [6.45, 7) is 0. The third-order valence-electron chi connectivity index (χ3n) is 2.87. The molecule has 5 nitrogen and oxygen atoms in total. The Hall–Kier alpha value is -3.08. The minimum absolute atomic E-state index is 0.182. The number of amides is 1. The van der Waals surface area contributed by atoms with E-state index in [-0.39, 0.29) is 11.7 Å². The molecule has 0 unspecified atom stereocenters. The number of rotatable bonds is 4. The van der Waals surface area contributed by atoms with Gasteiger partial charge in [-0.1, -0.05) is 23.4 Å². The Morgan fingerprint density at radius 3 is 2.19 bits per heavy atom. The summed E-state index contributed by atoms with van der Waals surface area (Å²) in [4.78, 5) is 11.8. The van der Waals surface area contributed by atoms with Crippen molar-refractivity contribution in [2.75, 3.05) is 10.6 Å². The van der Waals surface area contributed by atoms with Gasteiger partial charge in [0.05, 0.1) is 6.20 Å². The molecule has 3 rings (SSSR count). The van der Waals surface area contributed by atoms with Crippen molar-refractivity contribution >= 4 is 23.0 Å². The van der Waals surface area contributed by atoms with Gasteiger partial charge in [0.15, 0.2) is 0 Å². The predicted octanol–water partition coefficient (Wildman–Crippen LogP) is 3.67. The van der Waals surface area contributed by atoms with Gasteiger partial charge in [-0.2, -0.15) is 0 Å². The van der Waals surface area contributed by atoms with Gasteiger partial charge < -0.3 is 15.2 Å². The summed E-state index contributed by atoms with van der Waals surface area (Å²) >= 11 is 0. The van der Waals surface area contributed by atoms with Crippen molar-refractivity contribution in [2.24, 2.45) is 0 Å². The normalized spacial score (nSPS) is 10.1. The Labute approximate surface area is 121 Å². The zero-order valence-corrected chi connectivity index (χ0v) is 11.1. The molecule has 3 aromatic rings. The highest BCUT2D eigenvalue weighted by Gasteiger charge is 2.09. The molecule has 5 heteroatoms. The second-order valence-electron chi connectivity index (χ2n) is 4.40. The minimum Gasteiger partial charge on any atom is -0.356 e. The summed E-state index contributed by atoms with van der Waals surface area (Å²) in [5.74, 6) is -0.141. The molecule has 1 amide bonds. The molecule has 0 aliphatic heterocycles. The van der Waals surface area contributed by atoms with Crippen molar-refractivity contribution in [3.05, 3.63) is 72.6 Å². The summed E-state index contributed by atoms with van der Waals surface area (Å²) < 4.78 is 4.80. The molecule has 0 aliphatic carbocycles. The Kier molecular flexibility index (Phi) is 3.64. The van der Waals surface area contributed by atoms with Crippen LogP contribution < -0.4 is 10.6 Å². The SMILES string of the molecule is O=C(Nc1ccc(Nc2ccccc2)cc1)c1ccno1. The molecular weight excluding hydrogens is 266 g/mol. The number of carbonyl (C=O) groups excluding carboxylic acids is 1. The summed E-state index contributed by atoms with van der Waals surface area (Å²) in [5.41, 5.74) is 2.64. The summed E-state index contributed by atoms with van der Waals surface area (Å²) in [5, 5.41) is 9.51. The Bertz CT molecular complexity index is 707. The lowest BCUT2D eigenvalue weighted by Gasteiger charge is -2.07. The first-order chi connectivity index (χ1) is 10.3. The largest absolute Gasteiger partial charge is 0.356 e. The average molecular weight is 279 g/mol. The van der Waals surface area contributed by atoms with Gasteiger partial charge in [0.1, 0.15) is 0 Å². The quantitative estimate of drug-likeness (QED) is 0.764. The zero-order chi connectivity index (χ0) is 14.5. The van der Waals surface area contributed by atoms with Gasteiger partial charge in [-0.3, -0.25) is 4.79 Å². The van der Waals surface area contributed by atoms with Gasteiger partial charge in [-0.05, 0) is 36.4 Å². The third-order valence-corrected chi connectivity index (χ3v) is 2.87. The first-order valence-corrected chi connectivity index (χ1v) is 6.45. The number of aromatic nitrogens is 1. The standard InChI is InChI=1S/C16H13N3O2/c20-16(15-10-11-17-21-15)19-14-8-6-13(7-9-14)18-12-4-2-1-3-5-12/h1-11,18H,(H,19,20). The number of carbonyl (C=O) groups is 1. The van der Waals surface area contributed by atoms with E-state index in [2.05, 4.69) is 15.8 Å². The number of nitrogens with zero attached hydrogens (tertiary/aromatic N) is 1. The van der Waals surface area contributed by atoms with Crippen LogP contribution in [0.25, 0.3) is 0 Å². The van der Waals surface area contributed by atoms with Crippen molar-refractivity contribution in [3.63, 3.8) is 0 Å². The molecule has 0 aliphatic rings. The van der Waals surface area contributed by atoms with E-state index in [4.69, 9.17) is 4.52 Å². The van der Waals surface area contributed by atoms with Crippen LogP contribution in [0.1, 0.15) is 10.6 Å². The highest BCUT2D eigenvalue weighted by molar-refractivity contribution is 6.02. The Balaban J connectivity index is 1.65. The van der Waals surface area contributed by atoms with Crippen LogP contribution in [0.5, 0.6) is 0 Å². The smallest absolute Gasteiger partial charge is 0.294 e. The third kappa shape index (κ3) is 3.27. The molecule has 21 heavy (non-hydrogen) atoms. The van der Waals surface area contributed by atoms with Crippen LogP contribution in [0.2, 0.25) is 0 Å². The maximum Gasteiger partial charge on any atom is 0.294 e. The van der Waals surface area contributed by atoms with Crippen LogP contribution in [0.15, 0.2) is 71.4 Å². The lowest BCUT2D eigenvalue weighted by molar-refractivity contribution is 0.0988. The second-order valence-corrected chi connectivity index (χ2v) is 4.40. The molecule has 104 valence electrons. The minimum atomic E-state index is -0.323. The van der Waals surface area contributed by atoms with Crippen LogP contribution in [0, 0.1) is 0 Å². The van der Waals surface area contributed by atoms with E-state index in [0.29, 0.717) is 5.69 Å². The molecule has 1 aromatic heterocycles. The zero-order valence-electron chi connectivity index (χ0n) is 11.1. The van der Waals surface area contributed by atoms with Crippen molar-refractivity contribution in [2.45, 2.75) is 0 Å². The van der Waals surface area contributed by atoms with Crippen LogP contribution in [0.4, 0.5) is 17.1 Å². The van der Waals surface area contributed by atoms with Gasteiger partial charge in [0, 0.05) is 23.1 Å². The van der Waals surface area contributed by atoms with E-state index < -0.39 is 0 Å². The molecule has 0 radical (unpaired) electrons. The molecule has 0 fully saturated rings. The first-order valence-electron chi connectivity index (χ1n) is 6.45. The van der Waals surface area contributed by atoms with E-state index in [1.54, 1.807) is 0 Å². The van der Waals surface area contributed by atoms with Gasteiger partial charge in [0.2, 0.25) is 5.76 Å². The van der Waals surface area contributed by atoms with Gasteiger partial charge in [-0.15, -0.1) is 0 Å². The average Bonchev–Trinajstić information content (AvgIpc) is 3.05. The fourth-order valence-electron chi connectivity index (χ4n) is 1.85. The molecule has 2 N–H and O–H groups in total.